The summed E-state index contributed by atoms with van der Waals surface area (Å²) in [6.45, 7) is 0.622. The predicted octanol–water partition coefficient (Wildman–Crippen LogP) is 4.03. The minimum absolute atomic E-state index is 0.0229. The van der Waals surface area contributed by atoms with E-state index < -0.39 is 0 Å². The van der Waals surface area contributed by atoms with Crippen LogP contribution >= 0.6 is 0 Å². The third-order valence-electron chi connectivity index (χ3n) is 4.21. The number of amides is 1. The maximum absolute atomic E-state index is 12.6. The summed E-state index contributed by atoms with van der Waals surface area (Å²) in [5.41, 5.74) is 1.93. The number of pyridine rings is 1. The number of aromatic nitrogens is 1. The molecule has 2 aromatic heterocycles. The van der Waals surface area contributed by atoms with Crippen molar-refractivity contribution < 1.29 is 9.21 Å². The molecule has 3 aromatic rings. The number of carbonyl (C=O) groups is 1. The van der Waals surface area contributed by atoms with Crippen LogP contribution in [0.3, 0.4) is 0 Å². The SMILES string of the molecule is O=C(/C=C/c1cc2ccccc2o1)N(Cc1ccncc1)C1CC1. The van der Waals surface area contributed by atoms with Crippen LogP contribution in [0.4, 0.5) is 0 Å². The fourth-order valence-electron chi connectivity index (χ4n) is 2.79. The molecule has 4 nitrogen and oxygen atoms in total. The van der Waals surface area contributed by atoms with Crippen LogP contribution in [0.25, 0.3) is 17.0 Å². The molecule has 120 valence electrons. The summed E-state index contributed by atoms with van der Waals surface area (Å²) in [7, 11) is 0. The normalized spacial score (nSPS) is 14.3. The molecule has 1 fully saturated rings. The van der Waals surface area contributed by atoms with Gasteiger partial charge >= 0.3 is 0 Å². The van der Waals surface area contributed by atoms with Gasteiger partial charge in [0.15, 0.2) is 0 Å². The van der Waals surface area contributed by atoms with Crippen LogP contribution in [0.1, 0.15) is 24.2 Å². The molecule has 1 amide bonds. The molecule has 0 aliphatic heterocycles. The molecular weight excluding hydrogens is 300 g/mol. The zero-order chi connectivity index (χ0) is 16.4. The van der Waals surface area contributed by atoms with Crippen molar-refractivity contribution in [1.82, 2.24) is 9.88 Å². The first kappa shape index (κ1) is 14.7. The lowest BCUT2D eigenvalue weighted by Gasteiger charge is -2.20. The largest absolute Gasteiger partial charge is 0.457 e. The number of para-hydroxylation sites is 1. The first-order chi connectivity index (χ1) is 11.8. The smallest absolute Gasteiger partial charge is 0.247 e. The topological polar surface area (TPSA) is 46.3 Å². The summed E-state index contributed by atoms with van der Waals surface area (Å²) in [5.74, 6) is 0.721. The Balaban J connectivity index is 1.50. The highest BCUT2D eigenvalue weighted by Gasteiger charge is 2.31. The molecule has 0 spiro atoms. The van der Waals surface area contributed by atoms with Crippen LogP contribution in [0, 0.1) is 0 Å². The van der Waals surface area contributed by atoms with E-state index in [1.165, 1.54) is 0 Å². The molecule has 0 bridgehead atoms. The lowest BCUT2D eigenvalue weighted by molar-refractivity contribution is -0.127. The Kier molecular flexibility index (Phi) is 3.87. The average molecular weight is 318 g/mol. The van der Waals surface area contributed by atoms with Gasteiger partial charge in [0.05, 0.1) is 0 Å². The Hall–Kier alpha value is -2.88. The standard InChI is InChI=1S/C20H18N2O2/c23-20(8-7-18-13-16-3-1-2-4-19(16)24-18)22(17-5-6-17)14-15-9-11-21-12-10-15/h1-4,7-13,17H,5-6,14H2/b8-7+. The lowest BCUT2D eigenvalue weighted by atomic mass is 10.2. The highest BCUT2D eigenvalue weighted by molar-refractivity contribution is 5.92. The van der Waals surface area contributed by atoms with Gasteiger partial charge in [-0.2, -0.15) is 0 Å². The Bertz CT molecular complexity index is 846. The summed E-state index contributed by atoms with van der Waals surface area (Å²) >= 11 is 0. The van der Waals surface area contributed by atoms with Crippen LogP contribution in [0.15, 0.2) is 65.4 Å². The second-order valence-electron chi connectivity index (χ2n) is 6.07. The number of carbonyl (C=O) groups excluding carboxylic acids is 1. The molecule has 0 N–H and O–H groups in total. The molecule has 4 rings (SSSR count). The van der Waals surface area contributed by atoms with E-state index in [9.17, 15) is 4.79 Å². The van der Waals surface area contributed by atoms with E-state index in [0.717, 1.165) is 29.4 Å². The van der Waals surface area contributed by atoms with Gasteiger partial charge < -0.3 is 9.32 Å². The van der Waals surface area contributed by atoms with Crippen molar-refractivity contribution in [3.05, 3.63) is 72.3 Å². The predicted molar refractivity (Wildman–Crippen MR) is 93.1 cm³/mol. The number of benzene rings is 1. The minimum Gasteiger partial charge on any atom is -0.457 e. The molecule has 1 aromatic carbocycles. The molecule has 1 aliphatic rings. The van der Waals surface area contributed by atoms with Crippen molar-refractivity contribution in [2.24, 2.45) is 0 Å². The molecule has 0 unspecified atom stereocenters. The Morgan fingerprint density at radius 1 is 1.21 bits per heavy atom. The Morgan fingerprint density at radius 2 is 2.00 bits per heavy atom. The zero-order valence-electron chi connectivity index (χ0n) is 13.3. The van der Waals surface area contributed by atoms with Gasteiger partial charge in [0.25, 0.3) is 0 Å². The lowest BCUT2D eigenvalue weighted by Crippen LogP contribution is -2.31. The summed E-state index contributed by atoms with van der Waals surface area (Å²) < 4.78 is 5.73. The number of hydrogen-bond acceptors (Lipinski definition) is 3. The molecule has 24 heavy (non-hydrogen) atoms. The molecule has 4 heteroatoms. The highest BCUT2D eigenvalue weighted by atomic mass is 16.3. The van der Waals surface area contributed by atoms with Gasteiger partial charge in [0, 0.05) is 36.4 Å². The van der Waals surface area contributed by atoms with E-state index in [0.29, 0.717) is 18.3 Å². The first-order valence-corrected chi connectivity index (χ1v) is 8.16. The fourth-order valence-corrected chi connectivity index (χ4v) is 2.79. The number of rotatable bonds is 5. The molecule has 0 saturated heterocycles. The molecule has 1 saturated carbocycles. The second kappa shape index (κ2) is 6.32. The van der Waals surface area contributed by atoms with E-state index in [4.69, 9.17) is 4.42 Å². The summed E-state index contributed by atoms with van der Waals surface area (Å²) in [5, 5.41) is 1.04. The van der Waals surface area contributed by atoms with Gasteiger partial charge in [-0.15, -0.1) is 0 Å². The number of hydrogen-bond donors (Lipinski definition) is 0. The van der Waals surface area contributed by atoms with Gasteiger partial charge in [0.1, 0.15) is 11.3 Å². The van der Waals surface area contributed by atoms with Crippen molar-refractivity contribution in [3.8, 4) is 0 Å². The third kappa shape index (κ3) is 3.23. The quantitative estimate of drug-likeness (QED) is 0.667. The van der Waals surface area contributed by atoms with Crippen molar-refractivity contribution in [2.75, 3.05) is 0 Å². The molecule has 0 radical (unpaired) electrons. The van der Waals surface area contributed by atoms with Crippen LogP contribution in [-0.4, -0.2) is 21.8 Å². The van der Waals surface area contributed by atoms with E-state index in [-0.39, 0.29) is 5.91 Å². The van der Waals surface area contributed by atoms with Gasteiger partial charge in [-0.3, -0.25) is 9.78 Å². The second-order valence-corrected chi connectivity index (χ2v) is 6.07. The maximum atomic E-state index is 12.6. The molecular formula is C20H18N2O2. The highest BCUT2D eigenvalue weighted by Crippen LogP contribution is 2.29. The van der Waals surface area contributed by atoms with Gasteiger partial charge in [-0.1, -0.05) is 18.2 Å². The maximum Gasteiger partial charge on any atom is 0.247 e. The number of furan rings is 1. The van der Waals surface area contributed by atoms with Crippen LogP contribution in [-0.2, 0) is 11.3 Å². The van der Waals surface area contributed by atoms with Gasteiger partial charge in [-0.25, -0.2) is 0 Å². The summed E-state index contributed by atoms with van der Waals surface area (Å²) in [6.07, 6.45) is 9.04. The zero-order valence-corrected chi connectivity index (χ0v) is 13.3. The average Bonchev–Trinajstić information content (AvgIpc) is 3.37. The monoisotopic (exact) mass is 318 g/mol. The first-order valence-electron chi connectivity index (χ1n) is 8.16. The molecule has 1 aliphatic carbocycles. The van der Waals surface area contributed by atoms with E-state index in [2.05, 4.69) is 4.98 Å². The van der Waals surface area contributed by atoms with Crippen LogP contribution < -0.4 is 0 Å². The fraction of sp³-hybridized carbons (Fsp3) is 0.200. The van der Waals surface area contributed by atoms with Crippen LogP contribution in [0.2, 0.25) is 0 Å². The van der Waals surface area contributed by atoms with Crippen molar-refractivity contribution in [1.29, 1.82) is 0 Å². The number of nitrogens with zero attached hydrogens (tertiary/aromatic N) is 2. The van der Waals surface area contributed by atoms with Gasteiger partial charge in [-0.05, 0) is 48.7 Å². The Labute approximate surface area is 140 Å². The Morgan fingerprint density at radius 3 is 2.75 bits per heavy atom. The van der Waals surface area contributed by atoms with Crippen molar-refractivity contribution in [3.63, 3.8) is 0 Å². The van der Waals surface area contributed by atoms with Crippen LogP contribution in [0.5, 0.6) is 0 Å². The third-order valence-corrected chi connectivity index (χ3v) is 4.21. The molecule has 2 heterocycles. The molecule has 0 atom stereocenters. The van der Waals surface area contributed by atoms with Crippen molar-refractivity contribution in [2.45, 2.75) is 25.4 Å². The number of fused-ring (bicyclic) bond motifs is 1. The van der Waals surface area contributed by atoms with E-state index in [1.54, 1.807) is 24.5 Å². The van der Waals surface area contributed by atoms with Crippen molar-refractivity contribution >= 4 is 23.0 Å². The van der Waals surface area contributed by atoms with E-state index >= 15 is 0 Å². The van der Waals surface area contributed by atoms with E-state index in [1.807, 2.05) is 47.4 Å². The summed E-state index contributed by atoms with van der Waals surface area (Å²) in [4.78, 5) is 18.5. The van der Waals surface area contributed by atoms with Gasteiger partial charge in [0.2, 0.25) is 5.91 Å². The summed E-state index contributed by atoms with van der Waals surface area (Å²) in [6, 6.07) is 14.0. The minimum atomic E-state index is 0.0229.